The zero-order chi connectivity index (χ0) is 22.6. The van der Waals surface area contributed by atoms with Gasteiger partial charge in [0.25, 0.3) is 0 Å². The van der Waals surface area contributed by atoms with Crippen LogP contribution in [0, 0.1) is 0 Å². The molecule has 0 bridgehead atoms. The molecule has 0 fully saturated rings. The number of fused-ring (bicyclic) bond motifs is 1. The summed E-state index contributed by atoms with van der Waals surface area (Å²) < 4.78 is 0. The Hall–Kier alpha value is -2.51. The van der Waals surface area contributed by atoms with Crippen LogP contribution in [0.3, 0.4) is 0 Å². The summed E-state index contributed by atoms with van der Waals surface area (Å²) in [5.41, 5.74) is 1.17. The van der Waals surface area contributed by atoms with E-state index in [9.17, 15) is 14.4 Å². The smallest absolute Gasteiger partial charge is 0.241 e. The molecule has 0 heterocycles. The number of ketones is 2. The third-order valence-electron chi connectivity index (χ3n) is 5.52. The molecule has 1 aromatic rings. The fourth-order valence-corrected chi connectivity index (χ4v) is 3.54. The molecule has 30 heavy (non-hydrogen) atoms. The van der Waals surface area contributed by atoms with Crippen molar-refractivity contribution in [3.8, 4) is 0 Å². The van der Waals surface area contributed by atoms with Crippen LogP contribution in [-0.2, 0) is 4.79 Å². The van der Waals surface area contributed by atoms with Crippen LogP contribution in [-0.4, -0.2) is 97.5 Å². The number of nitrogens with zero attached hydrogens (tertiary/aromatic N) is 4. The van der Waals surface area contributed by atoms with Crippen LogP contribution in [0.5, 0.6) is 0 Å². The molecule has 2 rings (SSSR count). The number of carbonyl (C=O) groups excluding carboxylic acids is 3. The quantitative estimate of drug-likeness (QED) is 0.616. The number of carbonyl (C=O) groups is 3. The minimum Gasteiger partial charge on any atom is -0.368 e. The molecule has 1 aliphatic carbocycles. The van der Waals surface area contributed by atoms with Crippen LogP contribution >= 0.6 is 0 Å². The lowest BCUT2D eigenvalue weighted by Gasteiger charge is -2.33. The molecule has 0 N–H and O–H groups in total. The molecule has 164 valence electrons. The molecule has 0 radical (unpaired) electrons. The summed E-state index contributed by atoms with van der Waals surface area (Å²) in [5.74, 6) is -0.725. The van der Waals surface area contributed by atoms with Crippen LogP contribution in [0.2, 0.25) is 0 Å². The molecule has 7 nitrogen and oxygen atoms in total. The third-order valence-corrected chi connectivity index (χ3v) is 5.52. The molecule has 0 unspecified atom stereocenters. The minimum absolute atomic E-state index is 0.157. The summed E-state index contributed by atoms with van der Waals surface area (Å²) in [6, 6.07) is 7.01. The van der Waals surface area contributed by atoms with Crippen molar-refractivity contribution in [2.45, 2.75) is 26.8 Å². The third kappa shape index (κ3) is 4.96. The monoisotopic (exact) mass is 414 g/mol. The van der Waals surface area contributed by atoms with E-state index in [0.29, 0.717) is 24.2 Å². The molecule has 0 aliphatic heterocycles. The van der Waals surface area contributed by atoms with Gasteiger partial charge in [0.1, 0.15) is 11.4 Å². The van der Waals surface area contributed by atoms with Crippen molar-refractivity contribution in [1.82, 2.24) is 19.6 Å². The van der Waals surface area contributed by atoms with Crippen LogP contribution in [0.15, 0.2) is 35.7 Å². The maximum Gasteiger partial charge on any atom is 0.241 e. The highest BCUT2D eigenvalue weighted by Gasteiger charge is 2.37. The van der Waals surface area contributed by atoms with Crippen LogP contribution in [0.1, 0.15) is 41.5 Å². The Morgan fingerprint density at radius 3 is 1.90 bits per heavy atom. The molecule has 0 saturated carbocycles. The van der Waals surface area contributed by atoms with E-state index in [1.165, 1.54) is 4.90 Å². The molecule has 1 aliphatic rings. The average molecular weight is 415 g/mol. The standard InChI is InChI=1S/C23H34N4O3/c1-8-27(16(2)3)15-19(28)26(7)21-20(25(6)14-13-24(4)5)22(29)17-11-9-10-12-18(17)23(21)30/h9-12,16H,8,13-15H2,1-7H3. The van der Waals surface area contributed by atoms with Gasteiger partial charge in [-0.25, -0.2) is 0 Å². The first-order valence-electron chi connectivity index (χ1n) is 10.4. The first-order chi connectivity index (χ1) is 14.1. The predicted molar refractivity (Wildman–Crippen MR) is 118 cm³/mol. The largest absolute Gasteiger partial charge is 0.368 e. The van der Waals surface area contributed by atoms with Gasteiger partial charge in [0.15, 0.2) is 0 Å². The number of likely N-dealkylation sites (N-methyl/N-ethyl adjacent to an activating group) is 4. The molecule has 0 atom stereocenters. The van der Waals surface area contributed by atoms with Gasteiger partial charge in [0.2, 0.25) is 17.5 Å². The van der Waals surface area contributed by atoms with Gasteiger partial charge in [-0.05, 0) is 34.5 Å². The topological polar surface area (TPSA) is 64.2 Å². The molecule has 0 saturated heterocycles. The number of rotatable bonds is 9. The highest BCUT2D eigenvalue weighted by molar-refractivity contribution is 6.27. The summed E-state index contributed by atoms with van der Waals surface area (Å²) in [4.78, 5) is 47.0. The number of benzene rings is 1. The van der Waals surface area contributed by atoms with Gasteiger partial charge in [-0.15, -0.1) is 0 Å². The number of hydrogen-bond donors (Lipinski definition) is 0. The summed E-state index contributed by atoms with van der Waals surface area (Å²) in [6.45, 7) is 8.24. The fourth-order valence-electron chi connectivity index (χ4n) is 3.54. The minimum atomic E-state index is -0.291. The van der Waals surface area contributed by atoms with Crippen molar-refractivity contribution < 1.29 is 14.4 Å². The average Bonchev–Trinajstić information content (AvgIpc) is 2.71. The van der Waals surface area contributed by atoms with Gasteiger partial charge in [-0.1, -0.05) is 31.2 Å². The van der Waals surface area contributed by atoms with E-state index < -0.39 is 0 Å². The number of allylic oxidation sites excluding steroid dienone is 2. The Morgan fingerprint density at radius 1 is 0.900 bits per heavy atom. The van der Waals surface area contributed by atoms with E-state index in [1.54, 1.807) is 43.3 Å². The van der Waals surface area contributed by atoms with Crippen molar-refractivity contribution >= 4 is 17.5 Å². The lowest BCUT2D eigenvalue weighted by Crippen LogP contribution is -2.45. The second-order valence-corrected chi connectivity index (χ2v) is 8.24. The SMILES string of the molecule is CCN(CC(=O)N(C)C1=C(N(C)CCN(C)C)C(=O)c2ccccc2C1=O)C(C)C. The van der Waals surface area contributed by atoms with Crippen molar-refractivity contribution in [3.05, 3.63) is 46.8 Å². The number of amides is 1. The predicted octanol–water partition coefficient (Wildman–Crippen LogP) is 1.96. The van der Waals surface area contributed by atoms with E-state index >= 15 is 0 Å². The molecular formula is C23H34N4O3. The van der Waals surface area contributed by atoms with Crippen LogP contribution < -0.4 is 0 Å². The van der Waals surface area contributed by atoms with Gasteiger partial charge in [0, 0.05) is 44.4 Å². The van der Waals surface area contributed by atoms with Gasteiger partial charge >= 0.3 is 0 Å². The lowest BCUT2D eigenvalue weighted by molar-refractivity contribution is -0.129. The summed E-state index contributed by atoms with van der Waals surface area (Å²) in [6.07, 6.45) is 0. The number of hydrogen-bond acceptors (Lipinski definition) is 6. The first-order valence-corrected chi connectivity index (χ1v) is 10.4. The van der Waals surface area contributed by atoms with E-state index in [1.807, 2.05) is 44.7 Å². The maximum atomic E-state index is 13.4. The van der Waals surface area contributed by atoms with Gasteiger partial charge in [0.05, 0.1) is 6.54 Å². The van der Waals surface area contributed by atoms with Gasteiger partial charge < -0.3 is 14.7 Å². The Labute approximate surface area is 179 Å². The van der Waals surface area contributed by atoms with Crippen molar-refractivity contribution in [2.75, 3.05) is 54.4 Å². The van der Waals surface area contributed by atoms with E-state index in [4.69, 9.17) is 0 Å². The highest BCUT2D eigenvalue weighted by atomic mass is 16.2. The molecular weight excluding hydrogens is 380 g/mol. The van der Waals surface area contributed by atoms with Gasteiger partial charge in [-0.3, -0.25) is 19.3 Å². The Morgan fingerprint density at radius 2 is 1.43 bits per heavy atom. The highest BCUT2D eigenvalue weighted by Crippen LogP contribution is 2.29. The Kier molecular flexibility index (Phi) is 7.92. The van der Waals surface area contributed by atoms with E-state index in [-0.39, 0.29) is 41.5 Å². The summed E-state index contributed by atoms with van der Waals surface area (Å²) in [7, 11) is 7.29. The van der Waals surface area contributed by atoms with Gasteiger partial charge in [-0.2, -0.15) is 0 Å². The van der Waals surface area contributed by atoms with Crippen molar-refractivity contribution in [3.63, 3.8) is 0 Å². The summed E-state index contributed by atoms with van der Waals surface area (Å²) >= 11 is 0. The Bertz CT molecular complexity index is 845. The van der Waals surface area contributed by atoms with Crippen molar-refractivity contribution in [2.24, 2.45) is 0 Å². The lowest BCUT2D eigenvalue weighted by atomic mass is 9.89. The summed E-state index contributed by atoms with van der Waals surface area (Å²) in [5, 5.41) is 0. The second-order valence-electron chi connectivity index (χ2n) is 8.24. The molecule has 7 heteroatoms. The molecule has 1 amide bonds. The van der Waals surface area contributed by atoms with E-state index in [0.717, 1.165) is 6.54 Å². The molecule has 1 aromatic carbocycles. The number of Topliss-reactive ketones (excluding diaryl/α,β-unsaturated/α-hetero) is 2. The van der Waals surface area contributed by atoms with Crippen molar-refractivity contribution in [1.29, 1.82) is 0 Å². The maximum absolute atomic E-state index is 13.4. The molecule has 0 spiro atoms. The second kappa shape index (κ2) is 10.00. The van der Waals surface area contributed by atoms with Crippen LogP contribution in [0.25, 0.3) is 0 Å². The normalized spacial score (nSPS) is 14.1. The van der Waals surface area contributed by atoms with Crippen LogP contribution in [0.4, 0.5) is 0 Å². The van der Waals surface area contributed by atoms with E-state index in [2.05, 4.69) is 0 Å². The fraction of sp³-hybridized carbons (Fsp3) is 0.522. The first kappa shape index (κ1) is 23.8. The zero-order valence-electron chi connectivity index (χ0n) is 19.2. The molecule has 0 aromatic heterocycles. The zero-order valence-corrected chi connectivity index (χ0v) is 19.2. The Balaban J connectivity index is 2.50.